The molecule has 0 aliphatic rings. The molecule has 164 valence electrons. The van der Waals surface area contributed by atoms with Crippen molar-refractivity contribution in [3.63, 3.8) is 0 Å². The van der Waals surface area contributed by atoms with Crippen molar-refractivity contribution in [2.45, 2.75) is 24.5 Å². The van der Waals surface area contributed by atoms with Crippen molar-refractivity contribution in [1.82, 2.24) is 25.3 Å². The normalized spacial score (nSPS) is 11.5. The highest BCUT2D eigenvalue weighted by Crippen LogP contribution is 2.22. The Morgan fingerprint density at radius 1 is 1.10 bits per heavy atom. The molecule has 1 amide bonds. The van der Waals surface area contributed by atoms with Crippen LogP contribution in [0.3, 0.4) is 0 Å². The highest BCUT2D eigenvalue weighted by Gasteiger charge is 2.30. The molecule has 0 atom stereocenters. The van der Waals surface area contributed by atoms with Crippen LogP contribution in [-0.2, 0) is 9.84 Å². The van der Waals surface area contributed by atoms with E-state index in [0.29, 0.717) is 11.6 Å². The zero-order valence-corrected chi connectivity index (χ0v) is 17.5. The lowest BCUT2D eigenvalue weighted by Crippen LogP contribution is -2.30. The van der Waals surface area contributed by atoms with Gasteiger partial charge in [-0.05, 0) is 44.2 Å². The molecule has 3 aromatic rings. The maximum Gasteiger partial charge on any atom is 0.341 e. The number of nitrogens with one attached hydrogen (secondary N) is 2. The van der Waals surface area contributed by atoms with Crippen molar-refractivity contribution in [2.24, 2.45) is 0 Å². The molecule has 1 aromatic carbocycles. The van der Waals surface area contributed by atoms with Gasteiger partial charge in [-0.2, -0.15) is 13.9 Å². The number of aromatic nitrogens is 4. The molecule has 2 N–H and O–H groups in total. The summed E-state index contributed by atoms with van der Waals surface area (Å²) in [4.78, 5) is 11.6. The summed E-state index contributed by atoms with van der Waals surface area (Å²) >= 11 is 0. The van der Waals surface area contributed by atoms with Gasteiger partial charge in [-0.3, -0.25) is 4.79 Å². The Kier molecular flexibility index (Phi) is 6.59. The van der Waals surface area contributed by atoms with Crippen molar-refractivity contribution < 1.29 is 22.0 Å². The first-order chi connectivity index (χ1) is 14.7. The molecular formula is C19H20F2N6O3S. The fourth-order valence-electron chi connectivity index (χ4n) is 2.85. The van der Waals surface area contributed by atoms with Gasteiger partial charge in [0.1, 0.15) is 5.82 Å². The zero-order valence-electron chi connectivity index (χ0n) is 16.7. The van der Waals surface area contributed by atoms with Gasteiger partial charge in [0.15, 0.2) is 5.82 Å². The third kappa shape index (κ3) is 5.02. The van der Waals surface area contributed by atoms with E-state index >= 15 is 0 Å². The predicted octanol–water partition coefficient (Wildman–Crippen LogP) is 2.12. The van der Waals surface area contributed by atoms with Gasteiger partial charge >= 0.3 is 5.76 Å². The molecule has 0 aliphatic heterocycles. The highest BCUT2D eigenvalue weighted by molar-refractivity contribution is 7.91. The first-order valence-electron chi connectivity index (χ1n) is 9.20. The molecule has 0 fully saturated rings. The Bertz CT molecular complexity index is 1180. The SMILES string of the molecule is Cc1cc(C)n(-c2ccc(NCCNC(=O)c3ccccc3S(=O)(=O)C(F)F)nn2)n1. The Morgan fingerprint density at radius 2 is 1.84 bits per heavy atom. The van der Waals surface area contributed by atoms with Crippen LogP contribution in [-0.4, -0.2) is 53.1 Å². The minimum Gasteiger partial charge on any atom is -0.367 e. The summed E-state index contributed by atoms with van der Waals surface area (Å²) in [6.45, 7) is 4.13. The maximum atomic E-state index is 12.8. The summed E-state index contributed by atoms with van der Waals surface area (Å²) in [5.41, 5.74) is 1.45. The van der Waals surface area contributed by atoms with Crippen molar-refractivity contribution in [3.05, 3.63) is 59.4 Å². The molecule has 3 rings (SSSR count). The molecule has 31 heavy (non-hydrogen) atoms. The number of nitrogens with zero attached hydrogens (tertiary/aromatic N) is 4. The van der Waals surface area contributed by atoms with E-state index in [1.54, 1.807) is 16.8 Å². The van der Waals surface area contributed by atoms with Crippen LogP contribution >= 0.6 is 0 Å². The van der Waals surface area contributed by atoms with Crippen molar-refractivity contribution in [3.8, 4) is 5.82 Å². The van der Waals surface area contributed by atoms with Gasteiger partial charge in [0.05, 0.1) is 16.2 Å². The van der Waals surface area contributed by atoms with E-state index in [-0.39, 0.29) is 18.7 Å². The smallest absolute Gasteiger partial charge is 0.341 e. The molecule has 0 saturated heterocycles. The zero-order chi connectivity index (χ0) is 22.6. The van der Waals surface area contributed by atoms with Gasteiger partial charge < -0.3 is 10.6 Å². The number of aryl methyl sites for hydroxylation is 2. The lowest BCUT2D eigenvalue weighted by molar-refractivity contribution is 0.0951. The quantitative estimate of drug-likeness (QED) is 0.505. The second kappa shape index (κ2) is 9.16. The Balaban J connectivity index is 1.57. The van der Waals surface area contributed by atoms with Gasteiger partial charge in [0, 0.05) is 18.8 Å². The standard InChI is InChI=1S/C19H20F2N6O3S/c1-12-11-13(2)27(26-12)17-8-7-16(24-25-17)22-9-10-23-18(28)14-5-3-4-6-15(14)31(29,30)19(20)21/h3-8,11,19H,9-10H2,1-2H3,(H,22,24)(H,23,28). The van der Waals surface area contributed by atoms with Crippen LogP contribution < -0.4 is 10.6 Å². The molecule has 0 spiro atoms. The largest absolute Gasteiger partial charge is 0.367 e. The molecule has 2 aromatic heterocycles. The van der Waals surface area contributed by atoms with E-state index in [9.17, 15) is 22.0 Å². The molecule has 9 nitrogen and oxygen atoms in total. The molecule has 0 aliphatic carbocycles. The van der Waals surface area contributed by atoms with Gasteiger partial charge in [-0.25, -0.2) is 13.1 Å². The van der Waals surface area contributed by atoms with E-state index in [1.807, 2.05) is 19.9 Å². The van der Waals surface area contributed by atoms with E-state index < -0.39 is 26.4 Å². The van der Waals surface area contributed by atoms with Crippen LogP contribution in [0.2, 0.25) is 0 Å². The lowest BCUT2D eigenvalue weighted by atomic mass is 10.2. The number of hydrogen-bond donors (Lipinski definition) is 2. The van der Waals surface area contributed by atoms with Gasteiger partial charge in [-0.15, -0.1) is 10.2 Å². The Morgan fingerprint density at radius 3 is 2.45 bits per heavy atom. The summed E-state index contributed by atoms with van der Waals surface area (Å²) in [6, 6.07) is 10.2. The van der Waals surface area contributed by atoms with E-state index in [0.717, 1.165) is 17.5 Å². The van der Waals surface area contributed by atoms with Crippen molar-refractivity contribution in [1.29, 1.82) is 0 Å². The molecule has 0 unspecified atom stereocenters. The topological polar surface area (TPSA) is 119 Å². The van der Waals surface area contributed by atoms with Crippen LogP contribution in [0.1, 0.15) is 21.7 Å². The number of benzene rings is 1. The number of halogens is 2. The predicted molar refractivity (Wildman–Crippen MR) is 109 cm³/mol. The van der Waals surface area contributed by atoms with Crippen molar-refractivity contribution in [2.75, 3.05) is 18.4 Å². The molecule has 0 radical (unpaired) electrons. The van der Waals surface area contributed by atoms with E-state index in [4.69, 9.17) is 0 Å². The monoisotopic (exact) mass is 450 g/mol. The average molecular weight is 450 g/mol. The number of alkyl halides is 2. The molecule has 0 saturated carbocycles. The second-order valence-corrected chi connectivity index (χ2v) is 8.49. The average Bonchev–Trinajstić information content (AvgIpc) is 3.09. The summed E-state index contributed by atoms with van der Waals surface area (Å²) in [7, 11) is -4.89. The summed E-state index contributed by atoms with van der Waals surface area (Å²) in [5.74, 6) is -3.37. The van der Waals surface area contributed by atoms with E-state index in [2.05, 4.69) is 25.9 Å². The van der Waals surface area contributed by atoms with Gasteiger partial charge in [0.25, 0.3) is 5.91 Å². The lowest BCUT2D eigenvalue weighted by Gasteiger charge is -2.11. The summed E-state index contributed by atoms with van der Waals surface area (Å²) in [5, 5.41) is 17.9. The fourth-order valence-corrected chi connectivity index (χ4v) is 3.78. The minimum atomic E-state index is -4.89. The first kappa shape index (κ1) is 22.3. The molecular weight excluding hydrogens is 430 g/mol. The third-order valence-electron chi connectivity index (χ3n) is 4.27. The number of amides is 1. The summed E-state index contributed by atoms with van der Waals surface area (Å²) < 4.78 is 50.9. The molecule has 0 bridgehead atoms. The molecule has 12 heteroatoms. The highest BCUT2D eigenvalue weighted by atomic mass is 32.2. The number of hydrogen-bond acceptors (Lipinski definition) is 7. The van der Waals surface area contributed by atoms with Crippen LogP contribution in [0.5, 0.6) is 0 Å². The number of anilines is 1. The van der Waals surface area contributed by atoms with E-state index in [1.165, 1.54) is 18.2 Å². The third-order valence-corrected chi connectivity index (χ3v) is 5.70. The Labute approximate surface area is 177 Å². The number of sulfone groups is 1. The maximum absolute atomic E-state index is 12.8. The molecule has 2 heterocycles. The number of carbonyl (C=O) groups is 1. The van der Waals surface area contributed by atoms with Crippen LogP contribution in [0, 0.1) is 13.8 Å². The van der Waals surface area contributed by atoms with Crippen molar-refractivity contribution >= 4 is 21.6 Å². The summed E-state index contributed by atoms with van der Waals surface area (Å²) in [6.07, 6.45) is 0. The minimum absolute atomic E-state index is 0.1000. The van der Waals surface area contributed by atoms with Gasteiger partial charge in [-0.1, -0.05) is 12.1 Å². The Hall–Kier alpha value is -3.41. The fraction of sp³-hybridized carbons (Fsp3) is 0.263. The van der Waals surface area contributed by atoms with Crippen LogP contribution in [0.4, 0.5) is 14.6 Å². The van der Waals surface area contributed by atoms with Gasteiger partial charge in [0.2, 0.25) is 9.84 Å². The first-order valence-corrected chi connectivity index (χ1v) is 10.8. The second-order valence-electron chi connectivity index (χ2n) is 6.60. The number of rotatable bonds is 8. The van der Waals surface area contributed by atoms with Crippen LogP contribution in [0.25, 0.3) is 5.82 Å². The van der Waals surface area contributed by atoms with Crippen LogP contribution in [0.15, 0.2) is 47.4 Å². The number of carbonyl (C=O) groups excluding carboxylic acids is 1.